The van der Waals surface area contributed by atoms with Gasteiger partial charge in [0.1, 0.15) is 11.5 Å². The van der Waals surface area contributed by atoms with Crippen LogP contribution < -0.4 is 5.32 Å². The molecule has 1 aromatic rings. The van der Waals surface area contributed by atoms with Crippen molar-refractivity contribution in [2.24, 2.45) is 0 Å². The Bertz CT molecular complexity index is 341. The monoisotopic (exact) mass is 195 g/mol. The minimum Gasteiger partial charge on any atom is -0.466 e. The number of carbonyl (C=O) groups is 2. The van der Waals surface area contributed by atoms with Crippen LogP contribution in [0.4, 0.5) is 0 Å². The third-order valence-electron chi connectivity index (χ3n) is 1.77. The maximum Gasteiger partial charge on any atom is 0.287 e. The molecule has 0 fully saturated rings. The summed E-state index contributed by atoms with van der Waals surface area (Å²) in [5.74, 6) is 0.637. The Labute approximate surface area is 82.3 Å². The fraction of sp³-hybridized carbons (Fsp3) is 0.400. The number of Topliss-reactive ketones (excluding diaryl/α,β-unsaturated/α-hetero) is 1. The van der Waals surface area contributed by atoms with Gasteiger partial charge in [-0.05, 0) is 19.1 Å². The van der Waals surface area contributed by atoms with Crippen molar-refractivity contribution in [1.82, 2.24) is 5.32 Å². The van der Waals surface area contributed by atoms with Crippen molar-refractivity contribution in [3.8, 4) is 0 Å². The molecule has 14 heavy (non-hydrogen) atoms. The Morgan fingerprint density at radius 3 is 2.64 bits per heavy atom. The predicted octanol–water partition coefficient (Wildman–Crippen LogP) is 0.836. The SMILES string of the molecule is CC(=O)C(=O)NCCc1ccc(C)o1. The van der Waals surface area contributed by atoms with Gasteiger partial charge in [0.05, 0.1) is 0 Å². The van der Waals surface area contributed by atoms with E-state index in [1.807, 2.05) is 19.1 Å². The molecule has 1 N–H and O–H groups in total. The van der Waals surface area contributed by atoms with Gasteiger partial charge >= 0.3 is 0 Å². The van der Waals surface area contributed by atoms with Crippen LogP contribution in [-0.4, -0.2) is 18.2 Å². The third kappa shape index (κ3) is 3.05. The smallest absolute Gasteiger partial charge is 0.287 e. The highest BCUT2D eigenvalue weighted by Crippen LogP contribution is 2.05. The highest BCUT2D eigenvalue weighted by atomic mass is 16.3. The van der Waals surface area contributed by atoms with Gasteiger partial charge in [0.2, 0.25) is 5.78 Å². The first kappa shape index (κ1) is 10.5. The zero-order valence-corrected chi connectivity index (χ0v) is 8.29. The van der Waals surface area contributed by atoms with Crippen LogP contribution in [0.15, 0.2) is 16.5 Å². The van der Waals surface area contributed by atoms with Crippen molar-refractivity contribution in [1.29, 1.82) is 0 Å². The third-order valence-corrected chi connectivity index (χ3v) is 1.77. The molecule has 1 heterocycles. The number of amides is 1. The normalized spacial score (nSPS) is 9.86. The number of rotatable bonds is 4. The molecule has 4 heteroatoms. The molecule has 0 aliphatic rings. The van der Waals surface area contributed by atoms with Crippen molar-refractivity contribution < 1.29 is 14.0 Å². The molecular formula is C10H13NO3. The molecule has 4 nitrogen and oxygen atoms in total. The van der Waals surface area contributed by atoms with Gasteiger partial charge in [-0.1, -0.05) is 0 Å². The number of furan rings is 1. The highest BCUT2D eigenvalue weighted by molar-refractivity contribution is 6.35. The first-order chi connectivity index (χ1) is 6.59. The average molecular weight is 195 g/mol. The molecule has 0 aromatic carbocycles. The molecule has 1 aromatic heterocycles. The van der Waals surface area contributed by atoms with Crippen molar-refractivity contribution in [3.63, 3.8) is 0 Å². The average Bonchev–Trinajstić information content (AvgIpc) is 2.51. The van der Waals surface area contributed by atoms with Crippen molar-refractivity contribution in [3.05, 3.63) is 23.7 Å². The van der Waals surface area contributed by atoms with Gasteiger partial charge in [0, 0.05) is 19.9 Å². The van der Waals surface area contributed by atoms with Crippen molar-refractivity contribution >= 4 is 11.7 Å². The Hall–Kier alpha value is -1.58. The molecule has 76 valence electrons. The minimum absolute atomic E-state index is 0.422. The van der Waals surface area contributed by atoms with E-state index in [-0.39, 0.29) is 0 Å². The van der Waals surface area contributed by atoms with E-state index in [4.69, 9.17) is 4.42 Å². The molecule has 1 amide bonds. The van der Waals surface area contributed by atoms with E-state index in [2.05, 4.69) is 5.32 Å². The fourth-order valence-corrected chi connectivity index (χ4v) is 1.04. The topological polar surface area (TPSA) is 59.3 Å². The first-order valence-electron chi connectivity index (χ1n) is 4.43. The summed E-state index contributed by atoms with van der Waals surface area (Å²) < 4.78 is 5.29. The summed E-state index contributed by atoms with van der Waals surface area (Å²) in [4.78, 5) is 21.4. The minimum atomic E-state index is -0.548. The Balaban J connectivity index is 2.29. The molecule has 0 saturated heterocycles. The molecule has 0 saturated carbocycles. The van der Waals surface area contributed by atoms with E-state index >= 15 is 0 Å². The van der Waals surface area contributed by atoms with Gasteiger partial charge in [-0.15, -0.1) is 0 Å². The van der Waals surface area contributed by atoms with Gasteiger partial charge < -0.3 is 9.73 Å². The molecule has 1 rings (SSSR count). The Morgan fingerprint density at radius 1 is 1.43 bits per heavy atom. The quantitative estimate of drug-likeness (QED) is 0.724. The number of carbonyl (C=O) groups excluding carboxylic acids is 2. The molecule has 0 atom stereocenters. The van der Waals surface area contributed by atoms with Gasteiger partial charge in [0.15, 0.2) is 0 Å². The standard InChI is InChI=1S/C10H13NO3/c1-7-3-4-9(14-7)5-6-11-10(13)8(2)12/h3-4H,5-6H2,1-2H3,(H,11,13). The van der Waals surface area contributed by atoms with Crippen LogP contribution in [0.3, 0.4) is 0 Å². The van der Waals surface area contributed by atoms with Crippen LogP contribution in [0, 0.1) is 6.92 Å². The lowest BCUT2D eigenvalue weighted by atomic mass is 10.3. The summed E-state index contributed by atoms with van der Waals surface area (Å²) in [6, 6.07) is 3.72. The number of ketones is 1. The van der Waals surface area contributed by atoms with Crippen molar-refractivity contribution in [2.75, 3.05) is 6.54 Å². The Morgan fingerprint density at radius 2 is 2.14 bits per heavy atom. The van der Waals surface area contributed by atoms with Crippen LogP contribution in [0.1, 0.15) is 18.4 Å². The van der Waals surface area contributed by atoms with E-state index in [1.165, 1.54) is 6.92 Å². The molecule has 0 radical (unpaired) electrons. The maximum atomic E-state index is 10.8. The first-order valence-corrected chi connectivity index (χ1v) is 4.43. The molecule has 0 aliphatic carbocycles. The number of aryl methyl sites for hydroxylation is 1. The van der Waals surface area contributed by atoms with E-state index in [1.54, 1.807) is 0 Å². The lowest BCUT2D eigenvalue weighted by Crippen LogP contribution is -2.30. The molecule has 0 aliphatic heterocycles. The van der Waals surface area contributed by atoms with Gasteiger partial charge in [-0.2, -0.15) is 0 Å². The largest absolute Gasteiger partial charge is 0.466 e. The van der Waals surface area contributed by atoms with Gasteiger partial charge in [-0.3, -0.25) is 9.59 Å². The van der Waals surface area contributed by atoms with Gasteiger partial charge in [-0.25, -0.2) is 0 Å². The molecule has 0 unspecified atom stereocenters. The fourth-order valence-electron chi connectivity index (χ4n) is 1.04. The summed E-state index contributed by atoms with van der Waals surface area (Å²) in [7, 11) is 0. The summed E-state index contributed by atoms with van der Waals surface area (Å²) in [6.45, 7) is 3.52. The highest BCUT2D eigenvalue weighted by Gasteiger charge is 2.06. The predicted molar refractivity (Wildman–Crippen MR) is 50.8 cm³/mol. The van der Waals surface area contributed by atoms with E-state index in [9.17, 15) is 9.59 Å². The maximum absolute atomic E-state index is 10.8. The molecular weight excluding hydrogens is 182 g/mol. The van der Waals surface area contributed by atoms with Crippen molar-refractivity contribution in [2.45, 2.75) is 20.3 Å². The summed E-state index contributed by atoms with van der Waals surface area (Å²) in [6.07, 6.45) is 0.604. The second-order valence-electron chi connectivity index (χ2n) is 3.07. The second-order valence-corrected chi connectivity index (χ2v) is 3.07. The second kappa shape index (κ2) is 4.60. The Kier molecular flexibility index (Phi) is 3.45. The number of hydrogen-bond acceptors (Lipinski definition) is 3. The lowest BCUT2D eigenvalue weighted by molar-refractivity contribution is -0.136. The zero-order valence-electron chi connectivity index (χ0n) is 8.29. The summed E-state index contributed by atoms with van der Waals surface area (Å²) >= 11 is 0. The van der Waals surface area contributed by atoms with Crippen LogP contribution in [0.2, 0.25) is 0 Å². The van der Waals surface area contributed by atoms with Gasteiger partial charge in [0.25, 0.3) is 5.91 Å². The van der Waals surface area contributed by atoms with E-state index in [0.717, 1.165) is 11.5 Å². The summed E-state index contributed by atoms with van der Waals surface area (Å²) in [5.41, 5.74) is 0. The van der Waals surface area contributed by atoms with Crippen LogP contribution in [0.25, 0.3) is 0 Å². The van der Waals surface area contributed by atoms with E-state index < -0.39 is 11.7 Å². The molecule has 0 bridgehead atoms. The van der Waals surface area contributed by atoms with Crippen LogP contribution >= 0.6 is 0 Å². The number of hydrogen-bond donors (Lipinski definition) is 1. The molecule has 0 spiro atoms. The number of nitrogens with one attached hydrogen (secondary N) is 1. The summed E-state index contributed by atoms with van der Waals surface area (Å²) in [5, 5.41) is 2.49. The zero-order chi connectivity index (χ0) is 10.6. The van der Waals surface area contributed by atoms with Crippen LogP contribution in [0.5, 0.6) is 0 Å². The van der Waals surface area contributed by atoms with Crippen LogP contribution in [-0.2, 0) is 16.0 Å². The van der Waals surface area contributed by atoms with E-state index in [0.29, 0.717) is 13.0 Å². The lowest BCUT2D eigenvalue weighted by Gasteiger charge is -1.99.